The SMILES string of the molecule is O=C(c1cccc(Br)c1Cl)C1CCc2cccnc21. The van der Waals surface area contributed by atoms with Gasteiger partial charge in [-0.25, -0.2) is 0 Å². The third-order valence-electron chi connectivity index (χ3n) is 3.49. The molecule has 19 heavy (non-hydrogen) atoms. The van der Waals surface area contributed by atoms with Crippen molar-refractivity contribution in [3.05, 3.63) is 62.8 Å². The summed E-state index contributed by atoms with van der Waals surface area (Å²) >= 11 is 9.56. The zero-order chi connectivity index (χ0) is 13.4. The minimum Gasteiger partial charge on any atom is -0.293 e. The number of benzene rings is 1. The van der Waals surface area contributed by atoms with Gasteiger partial charge in [0.25, 0.3) is 0 Å². The number of nitrogens with zero attached hydrogens (tertiary/aromatic N) is 1. The predicted octanol–water partition coefficient (Wildman–Crippen LogP) is 4.41. The first-order valence-corrected chi connectivity index (χ1v) is 7.27. The van der Waals surface area contributed by atoms with Crippen molar-refractivity contribution < 1.29 is 4.79 Å². The molecule has 2 nitrogen and oxygen atoms in total. The van der Waals surface area contributed by atoms with Gasteiger partial charge in [0.15, 0.2) is 5.78 Å². The van der Waals surface area contributed by atoms with Crippen LogP contribution in [0.4, 0.5) is 0 Å². The van der Waals surface area contributed by atoms with Gasteiger partial charge in [0, 0.05) is 16.2 Å². The number of rotatable bonds is 2. The van der Waals surface area contributed by atoms with E-state index in [2.05, 4.69) is 20.9 Å². The van der Waals surface area contributed by atoms with Crippen molar-refractivity contribution in [2.75, 3.05) is 0 Å². The number of aryl methyl sites for hydroxylation is 1. The molecular weight excluding hydrogens is 326 g/mol. The predicted molar refractivity (Wildman–Crippen MR) is 78.8 cm³/mol. The standard InChI is InChI=1S/C15H11BrClNO/c16-12-5-1-4-10(13(12)17)15(19)11-7-6-9-3-2-8-18-14(9)11/h1-5,8,11H,6-7H2. The third kappa shape index (κ3) is 2.21. The highest BCUT2D eigenvalue weighted by atomic mass is 79.9. The Morgan fingerprint density at radius 1 is 1.32 bits per heavy atom. The van der Waals surface area contributed by atoms with E-state index in [1.165, 1.54) is 5.56 Å². The van der Waals surface area contributed by atoms with Gasteiger partial charge < -0.3 is 0 Å². The van der Waals surface area contributed by atoms with Crippen LogP contribution in [0.15, 0.2) is 41.0 Å². The molecule has 0 amide bonds. The van der Waals surface area contributed by atoms with E-state index < -0.39 is 0 Å². The van der Waals surface area contributed by atoms with Crippen LogP contribution in [-0.4, -0.2) is 10.8 Å². The molecular formula is C15H11BrClNO. The maximum Gasteiger partial charge on any atom is 0.173 e. The Kier molecular flexibility index (Phi) is 3.42. The normalized spacial score (nSPS) is 17.3. The number of halogens is 2. The molecule has 1 unspecified atom stereocenters. The van der Waals surface area contributed by atoms with Gasteiger partial charge in [-0.1, -0.05) is 23.7 Å². The van der Waals surface area contributed by atoms with E-state index >= 15 is 0 Å². The molecule has 0 radical (unpaired) electrons. The van der Waals surface area contributed by atoms with Crippen molar-refractivity contribution in [2.45, 2.75) is 18.8 Å². The maximum absolute atomic E-state index is 12.6. The number of hydrogen-bond donors (Lipinski definition) is 0. The van der Waals surface area contributed by atoms with Crippen molar-refractivity contribution in [1.29, 1.82) is 0 Å². The van der Waals surface area contributed by atoms with Gasteiger partial charge in [-0.3, -0.25) is 9.78 Å². The minimum atomic E-state index is -0.164. The average molecular weight is 337 g/mol. The van der Waals surface area contributed by atoms with Crippen molar-refractivity contribution >= 4 is 33.3 Å². The molecule has 0 saturated carbocycles. The van der Waals surface area contributed by atoms with Crippen LogP contribution in [0.1, 0.15) is 34.0 Å². The number of fused-ring (bicyclic) bond motifs is 1. The lowest BCUT2D eigenvalue weighted by molar-refractivity contribution is 0.0958. The molecule has 3 rings (SSSR count). The second-order valence-corrected chi connectivity index (χ2v) is 5.84. The smallest absolute Gasteiger partial charge is 0.173 e. The van der Waals surface area contributed by atoms with Gasteiger partial charge >= 0.3 is 0 Å². The molecule has 1 atom stereocenters. The van der Waals surface area contributed by atoms with Crippen molar-refractivity contribution in [1.82, 2.24) is 4.98 Å². The summed E-state index contributed by atoms with van der Waals surface area (Å²) in [7, 11) is 0. The molecule has 1 aromatic carbocycles. The topological polar surface area (TPSA) is 30.0 Å². The monoisotopic (exact) mass is 335 g/mol. The number of aromatic nitrogens is 1. The summed E-state index contributed by atoms with van der Waals surface area (Å²) < 4.78 is 0.749. The molecule has 0 fully saturated rings. The fraction of sp³-hybridized carbons (Fsp3) is 0.200. The maximum atomic E-state index is 12.6. The Bertz CT molecular complexity index is 656. The summed E-state index contributed by atoms with van der Waals surface area (Å²) in [6, 6.07) is 9.39. The Labute approximate surface area is 124 Å². The number of carbonyl (C=O) groups excluding carboxylic acids is 1. The molecule has 1 heterocycles. The highest BCUT2D eigenvalue weighted by Crippen LogP contribution is 2.36. The zero-order valence-corrected chi connectivity index (χ0v) is 12.4. The first kappa shape index (κ1) is 12.8. The van der Waals surface area contributed by atoms with Crippen molar-refractivity contribution in [3.8, 4) is 0 Å². The molecule has 0 N–H and O–H groups in total. The van der Waals surface area contributed by atoms with Crippen LogP contribution in [0.5, 0.6) is 0 Å². The van der Waals surface area contributed by atoms with Crippen molar-refractivity contribution in [2.24, 2.45) is 0 Å². The first-order valence-electron chi connectivity index (χ1n) is 6.10. The second-order valence-electron chi connectivity index (χ2n) is 4.60. The van der Waals surface area contributed by atoms with Gasteiger partial charge in [-0.05, 0) is 52.5 Å². The highest BCUT2D eigenvalue weighted by molar-refractivity contribution is 9.10. The molecule has 4 heteroatoms. The van der Waals surface area contributed by atoms with Crippen LogP contribution in [0.3, 0.4) is 0 Å². The molecule has 0 saturated heterocycles. The van der Waals surface area contributed by atoms with Crippen LogP contribution < -0.4 is 0 Å². The molecule has 0 aliphatic heterocycles. The average Bonchev–Trinajstić information content (AvgIpc) is 2.85. The lowest BCUT2D eigenvalue weighted by Gasteiger charge is -2.11. The van der Waals surface area contributed by atoms with Crippen LogP contribution in [-0.2, 0) is 6.42 Å². The van der Waals surface area contributed by atoms with Gasteiger partial charge in [0.1, 0.15) is 0 Å². The number of hydrogen-bond acceptors (Lipinski definition) is 2. The quantitative estimate of drug-likeness (QED) is 0.760. The molecule has 1 aliphatic rings. The molecule has 96 valence electrons. The van der Waals surface area contributed by atoms with E-state index in [0.717, 1.165) is 23.0 Å². The van der Waals surface area contributed by atoms with Gasteiger partial charge in [0.05, 0.1) is 16.6 Å². The summed E-state index contributed by atoms with van der Waals surface area (Å²) in [5.74, 6) is -0.105. The number of ketones is 1. The largest absolute Gasteiger partial charge is 0.293 e. The third-order valence-corrected chi connectivity index (χ3v) is 4.79. The summed E-state index contributed by atoms with van der Waals surface area (Å²) in [6.07, 6.45) is 3.46. The Balaban J connectivity index is 2.00. The van der Waals surface area contributed by atoms with Crippen molar-refractivity contribution in [3.63, 3.8) is 0 Å². The summed E-state index contributed by atoms with van der Waals surface area (Å²) in [5, 5.41) is 0.483. The van der Waals surface area contributed by atoms with E-state index in [9.17, 15) is 4.79 Å². The summed E-state index contributed by atoms with van der Waals surface area (Å²) in [4.78, 5) is 17.0. The Hall–Kier alpha value is -1.19. The molecule has 0 bridgehead atoms. The Morgan fingerprint density at radius 3 is 3.00 bits per heavy atom. The minimum absolute atomic E-state index is 0.0590. The number of Topliss-reactive ketones (excluding diaryl/α,β-unsaturated/α-hetero) is 1. The van der Waals surface area contributed by atoms with Crippen LogP contribution in [0.25, 0.3) is 0 Å². The molecule has 1 aromatic heterocycles. The van der Waals surface area contributed by atoms with Gasteiger partial charge in [-0.15, -0.1) is 0 Å². The van der Waals surface area contributed by atoms with E-state index in [-0.39, 0.29) is 11.7 Å². The second kappa shape index (κ2) is 5.06. The Morgan fingerprint density at radius 2 is 2.16 bits per heavy atom. The van der Waals surface area contributed by atoms with Crippen LogP contribution >= 0.6 is 27.5 Å². The number of pyridine rings is 1. The highest BCUT2D eigenvalue weighted by Gasteiger charge is 2.31. The van der Waals surface area contributed by atoms with E-state index in [1.807, 2.05) is 24.3 Å². The van der Waals surface area contributed by atoms with E-state index in [4.69, 9.17) is 11.6 Å². The zero-order valence-electron chi connectivity index (χ0n) is 10.1. The lowest BCUT2D eigenvalue weighted by atomic mass is 9.95. The van der Waals surface area contributed by atoms with Gasteiger partial charge in [-0.2, -0.15) is 0 Å². The molecule has 0 spiro atoms. The lowest BCUT2D eigenvalue weighted by Crippen LogP contribution is -2.12. The fourth-order valence-corrected chi connectivity index (χ4v) is 3.13. The fourth-order valence-electron chi connectivity index (χ4n) is 2.55. The van der Waals surface area contributed by atoms with Crippen LogP contribution in [0.2, 0.25) is 5.02 Å². The van der Waals surface area contributed by atoms with E-state index in [0.29, 0.717) is 10.6 Å². The summed E-state index contributed by atoms with van der Waals surface area (Å²) in [5.41, 5.74) is 2.65. The molecule has 1 aliphatic carbocycles. The molecule has 2 aromatic rings. The number of carbonyl (C=O) groups is 1. The van der Waals surface area contributed by atoms with E-state index in [1.54, 1.807) is 12.3 Å². The summed E-state index contributed by atoms with van der Waals surface area (Å²) in [6.45, 7) is 0. The van der Waals surface area contributed by atoms with Crippen LogP contribution in [0, 0.1) is 0 Å². The van der Waals surface area contributed by atoms with Gasteiger partial charge in [0.2, 0.25) is 0 Å². The first-order chi connectivity index (χ1) is 9.18.